The standard InChI is InChI=1S/C19H19FN6O2S/c1-13-10-14(5-6-15(13)20)29(27,28)26-9-2-4-17(26)16-11-21-12-18(24-16)25-19-22-7-3-8-23-19/h3,5-8,10-12,17H,2,4,9H2,1H3,(H,22,23,24,25)/t17-/m0/s1. The van der Waals surface area contributed by atoms with Crippen LogP contribution in [0.25, 0.3) is 0 Å². The number of nitrogens with one attached hydrogen (secondary N) is 1. The first kappa shape index (κ1) is 19.3. The number of hydrogen-bond donors (Lipinski definition) is 1. The Balaban J connectivity index is 1.63. The van der Waals surface area contributed by atoms with Crippen molar-refractivity contribution in [2.75, 3.05) is 11.9 Å². The van der Waals surface area contributed by atoms with Crippen molar-refractivity contribution < 1.29 is 12.8 Å². The number of anilines is 2. The molecule has 0 saturated carbocycles. The predicted octanol–water partition coefficient (Wildman–Crippen LogP) is 2.98. The van der Waals surface area contributed by atoms with Crippen LogP contribution in [0.1, 0.15) is 30.1 Å². The Hall–Kier alpha value is -2.98. The number of sulfonamides is 1. The summed E-state index contributed by atoms with van der Waals surface area (Å²) in [6.45, 7) is 1.91. The summed E-state index contributed by atoms with van der Waals surface area (Å²) in [6, 6.07) is 5.08. The summed E-state index contributed by atoms with van der Waals surface area (Å²) < 4.78 is 41.3. The number of halogens is 1. The quantitative estimate of drug-likeness (QED) is 0.685. The maximum Gasteiger partial charge on any atom is 0.243 e. The molecule has 29 heavy (non-hydrogen) atoms. The fourth-order valence-electron chi connectivity index (χ4n) is 3.32. The third-order valence-electron chi connectivity index (χ3n) is 4.74. The molecule has 10 heteroatoms. The zero-order chi connectivity index (χ0) is 20.4. The van der Waals surface area contributed by atoms with Crippen LogP contribution in [0, 0.1) is 12.7 Å². The van der Waals surface area contributed by atoms with Crippen molar-refractivity contribution in [2.45, 2.75) is 30.7 Å². The van der Waals surface area contributed by atoms with Gasteiger partial charge >= 0.3 is 0 Å². The van der Waals surface area contributed by atoms with Gasteiger partial charge < -0.3 is 5.32 Å². The van der Waals surface area contributed by atoms with Crippen LogP contribution >= 0.6 is 0 Å². The molecule has 0 radical (unpaired) electrons. The van der Waals surface area contributed by atoms with Gasteiger partial charge in [0.05, 0.1) is 29.0 Å². The molecule has 0 amide bonds. The van der Waals surface area contributed by atoms with Crippen molar-refractivity contribution in [3.8, 4) is 0 Å². The van der Waals surface area contributed by atoms with Crippen molar-refractivity contribution in [3.63, 3.8) is 0 Å². The third kappa shape index (κ3) is 3.94. The van der Waals surface area contributed by atoms with E-state index in [1.807, 2.05) is 0 Å². The Morgan fingerprint density at radius 3 is 2.76 bits per heavy atom. The average molecular weight is 414 g/mol. The number of hydrogen-bond acceptors (Lipinski definition) is 7. The molecular formula is C19H19FN6O2S. The average Bonchev–Trinajstić information content (AvgIpc) is 3.22. The molecule has 0 bridgehead atoms. The minimum atomic E-state index is -3.79. The molecule has 1 N–H and O–H groups in total. The SMILES string of the molecule is Cc1cc(S(=O)(=O)N2CCC[C@H]2c2cncc(Nc3ncccn3)n2)ccc1F. The molecule has 1 saturated heterocycles. The minimum Gasteiger partial charge on any atom is -0.307 e. The second kappa shape index (κ2) is 7.80. The van der Waals surface area contributed by atoms with Crippen LogP contribution in [0.4, 0.5) is 16.2 Å². The molecule has 3 heterocycles. The second-order valence-electron chi connectivity index (χ2n) is 6.71. The third-order valence-corrected chi connectivity index (χ3v) is 6.64. The molecule has 1 aromatic carbocycles. The molecule has 3 aromatic rings. The van der Waals surface area contributed by atoms with Gasteiger partial charge in [0.25, 0.3) is 0 Å². The summed E-state index contributed by atoms with van der Waals surface area (Å²) in [6.07, 6.45) is 7.61. The Labute approximate surface area is 167 Å². The number of nitrogens with zero attached hydrogens (tertiary/aromatic N) is 5. The molecule has 1 atom stereocenters. The fourth-order valence-corrected chi connectivity index (χ4v) is 5.07. The smallest absolute Gasteiger partial charge is 0.243 e. The number of aromatic nitrogens is 4. The van der Waals surface area contributed by atoms with E-state index in [-0.39, 0.29) is 10.5 Å². The maximum absolute atomic E-state index is 13.6. The van der Waals surface area contributed by atoms with E-state index in [4.69, 9.17) is 0 Å². The largest absolute Gasteiger partial charge is 0.307 e. The number of rotatable bonds is 5. The monoisotopic (exact) mass is 414 g/mol. The normalized spacial score (nSPS) is 17.4. The van der Waals surface area contributed by atoms with Crippen LogP contribution in [0.2, 0.25) is 0 Å². The van der Waals surface area contributed by atoms with Crippen molar-refractivity contribution in [3.05, 3.63) is 66.1 Å². The Bertz CT molecular complexity index is 1130. The van der Waals surface area contributed by atoms with Gasteiger partial charge in [-0.2, -0.15) is 4.31 Å². The van der Waals surface area contributed by atoms with E-state index >= 15 is 0 Å². The highest BCUT2D eigenvalue weighted by molar-refractivity contribution is 7.89. The van der Waals surface area contributed by atoms with Crippen molar-refractivity contribution in [2.24, 2.45) is 0 Å². The highest BCUT2D eigenvalue weighted by atomic mass is 32.2. The summed E-state index contributed by atoms with van der Waals surface area (Å²) in [5, 5.41) is 2.96. The lowest BCUT2D eigenvalue weighted by atomic mass is 10.2. The lowest BCUT2D eigenvalue weighted by Gasteiger charge is -2.24. The molecule has 0 unspecified atom stereocenters. The van der Waals surface area contributed by atoms with E-state index in [2.05, 4.69) is 25.3 Å². The Kier molecular flexibility index (Phi) is 5.20. The van der Waals surface area contributed by atoms with Gasteiger partial charge in [-0.15, -0.1) is 0 Å². The fraction of sp³-hybridized carbons (Fsp3) is 0.263. The summed E-state index contributed by atoms with van der Waals surface area (Å²) in [5.41, 5.74) is 0.821. The van der Waals surface area contributed by atoms with Crippen molar-refractivity contribution >= 4 is 21.8 Å². The van der Waals surface area contributed by atoms with E-state index in [1.54, 1.807) is 31.6 Å². The summed E-state index contributed by atoms with van der Waals surface area (Å²) in [4.78, 5) is 16.9. The predicted molar refractivity (Wildman–Crippen MR) is 104 cm³/mol. The van der Waals surface area contributed by atoms with E-state index in [1.165, 1.54) is 28.7 Å². The van der Waals surface area contributed by atoms with Gasteiger partial charge in [-0.1, -0.05) is 0 Å². The number of benzene rings is 1. The molecule has 1 aliphatic rings. The molecule has 2 aromatic heterocycles. The summed E-state index contributed by atoms with van der Waals surface area (Å²) in [5.74, 6) is 0.363. The first-order valence-corrected chi connectivity index (χ1v) is 10.5. The van der Waals surface area contributed by atoms with Crippen LogP contribution in [-0.4, -0.2) is 39.2 Å². The highest BCUT2D eigenvalue weighted by Gasteiger charge is 2.37. The van der Waals surface area contributed by atoms with E-state index < -0.39 is 21.9 Å². The summed E-state index contributed by atoms with van der Waals surface area (Å²) >= 11 is 0. The summed E-state index contributed by atoms with van der Waals surface area (Å²) in [7, 11) is -3.79. The van der Waals surface area contributed by atoms with Crippen LogP contribution in [-0.2, 0) is 10.0 Å². The lowest BCUT2D eigenvalue weighted by molar-refractivity contribution is 0.390. The zero-order valence-corrected chi connectivity index (χ0v) is 16.5. The molecule has 8 nitrogen and oxygen atoms in total. The van der Waals surface area contributed by atoms with Crippen LogP contribution in [0.15, 0.2) is 53.9 Å². The molecule has 150 valence electrons. The molecule has 0 spiro atoms. The maximum atomic E-state index is 13.6. The van der Waals surface area contributed by atoms with Gasteiger partial charge in [0, 0.05) is 18.9 Å². The molecule has 0 aliphatic carbocycles. The molecule has 4 rings (SSSR count). The van der Waals surface area contributed by atoms with Gasteiger partial charge in [-0.25, -0.2) is 27.8 Å². The Morgan fingerprint density at radius 2 is 2.00 bits per heavy atom. The molecular weight excluding hydrogens is 395 g/mol. The minimum absolute atomic E-state index is 0.0724. The molecule has 1 fully saturated rings. The highest BCUT2D eigenvalue weighted by Crippen LogP contribution is 2.36. The lowest BCUT2D eigenvalue weighted by Crippen LogP contribution is -2.31. The van der Waals surface area contributed by atoms with Crippen LogP contribution in [0.3, 0.4) is 0 Å². The second-order valence-corrected chi connectivity index (χ2v) is 8.60. The van der Waals surface area contributed by atoms with Gasteiger partial charge in [0.2, 0.25) is 16.0 Å². The van der Waals surface area contributed by atoms with E-state index in [0.29, 0.717) is 36.8 Å². The molecule has 1 aliphatic heterocycles. The van der Waals surface area contributed by atoms with Gasteiger partial charge in [0.15, 0.2) is 5.82 Å². The van der Waals surface area contributed by atoms with Crippen molar-refractivity contribution in [1.29, 1.82) is 0 Å². The first-order valence-electron chi connectivity index (χ1n) is 9.09. The van der Waals surface area contributed by atoms with Gasteiger partial charge in [-0.3, -0.25) is 4.98 Å². The first-order chi connectivity index (χ1) is 13.9. The Morgan fingerprint density at radius 1 is 1.21 bits per heavy atom. The number of aryl methyl sites for hydroxylation is 1. The van der Waals surface area contributed by atoms with Crippen LogP contribution in [0.5, 0.6) is 0 Å². The van der Waals surface area contributed by atoms with E-state index in [9.17, 15) is 12.8 Å². The van der Waals surface area contributed by atoms with Crippen molar-refractivity contribution in [1.82, 2.24) is 24.2 Å². The topological polar surface area (TPSA) is 101 Å². The zero-order valence-electron chi connectivity index (χ0n) is 15.7. The van der Waals surface area contributed by atoms with Gasteiger partial charge in [-0.05, 0) is 49.6 Å². The van der Waals surface area contributed by atoms with Crippen LogP contribution < -0.4 is 5.32 Å². The van der Waals surface area contributed by atoms with Gasteiger partial charge in [0.1, 0.15) is 5.82 Å². The van der Waals surface area contributed by atoms with E-state index in [0.717, 1.165) is 0 Å².